The standard InChI is InChI=1S/C11H18O3/c1-8-6-7-9(12)4-3-5-10(8)11(13)14-2/h8,10H,3-7H2,1-2H3. The van der Waals surface area contributed by atoms with E-state index < -0.39 is 0 Å². The number of methoxy groups -OCH3 is 1. The summed E-state index contributed by atoms with van der Waals surface area (Å²) in [5.74, 6) is 0.479. The molecule has 0 aromatic heterocycles. The third-order valence-electron chi connectivity index (χ3n) is 3.04. The second-order valence-electron chi connectivity index (χ2n) is 4.08. The van der Waals surface area contributed by atoms with Gasteiger partial charge in [0.25, 0.3) is 0 Å². The molecule has 1 aliphatic rings. The van der Waals surface area contributed by atoms with Crippen molar-refractivity contribution in [3.05, 3.63) is 0 Å². The number of hydrogen-bond acceptors (Lipinski definition) is 3. The average Bonchev–Trinajstić information content (AvgIpc) is 2.17. The van der Waals surface area contributed by atoms with Crippen LogP contribution in [-0.4, -0.2) is 18.9 Å². The Morgan fingerprint density at radius 1 is 1.36 bits per heavy atom. The highest BCUT2D eigenvalue weighted by Gasteiger charge is 2.27. The normalized spacial score (nSPS) is 29.1. The van der Waals surface area contributed by atoms with Crippen molar-refractivity contribution >= 4 is 11.8 Å². The Balaban J connectivity index is 2.57. The molecular weight excluding hydrogens is 180 g/mol. The fourth-order valence-electron chi connectivity index (χ4n) is 2.02. The van der Waals surface area contributed by atoms with Crippen molar-refractivity contribution in [2.24, 2.45) is 11.8 Å². The maximum Gasteiger partial charge on any atom is 0.308 e. The van der Waals surface area contributed by atoms with Crippen LogP contribution in [-0.2, 0) is 14.3 Å². The summed E-state index contributed by atoms with van der Waals surface area (Å²) in [4.78, 5) is 22.6. The summed E-state index contributed by atoms with van der Waals surface area (Å²) < 4.78 is 4.76. The number of rotatable bonds is 1. The lowest BCUT2D eigenvalue weighted by Crippen LogP contribution is -2.25. The highest BCUT2D eigenvalue weighted by molar-refractivity contribution is 5.79. The van der Waals surface area contributed by atoms with Crippen LogP contribution in [0.3, 0.4) is 0 Å². The van der Waals surface area contributed by atoms with Gasteiger partial charge in [0.15, 0.2) is 0 Å². The van der Waals surface area contributed by atoms with Crippen molar-refractivity contribution < 1.29 is 14.3 Å². The van der Waals surface area contributed by atoms with Crippen LogP contribution in [0.4, 0.5) is 0 Å². The molecule has 2 atom stereocenters. The third kappa shape index (κ3) is 2.82. The zero-order valence-electron chi connectivity index (χ0n) is 8.91. The Hall–Kier alpha value is -0.860. The second kappa shape index (κ2) is 5.13. The van der Waals surface area contributed by atoms with Crippen LogP contribution < -0.4 is 0 Å². The van der Waals surface area contributed by atoms with Crippen molar-refractivity contribution in [1.82, 2.24) is 0 Å². The minimum atomic E-state index is -0.119. The van der Waals surface area contributed by atoms with Gasteiger partial charge in [-0.1, -0.05) is 6.92 Å². The Morgan fingerprint density at radius 2 is 2.07 bits per heavy atom. The van der Waals surface area contributed by atoms with Gasteiger partial charge in [0.2, 0.25) is 0 Å². The molecule has 1 fully saturated rings. The van der Waals surface area contributed by atoms with E-state index in [0.717, 1.165) is 19.3 Å². The molecule has 0 aromatic carbocycles. The maximum absolute atomic E-state index is 11.4. The van der Waals surface area contributed by atoms with Gasteiger partial charge in [-0.05, 0) is 25.2 Å². The minimum Gasteiger partial charge on any atom is -0.469 e. The predicted molar refractivity (Wildman–Crippen MR) is 52.8 cm³/mol. The number of hydrogen-bond donors (Lipinski definition) is 0. The fourth-order valence-corrected chi connectivity index (χ4v) is 2.02. The number of carbonyl (C=O) groups excluding carboxylic acids is 2. The first-order valence-corrected chi connectivity index (χ1v) is 5.24. The van der Waals surface area contributed by atoms with Crippen LogP contribution in [0.25, 0.3) is 0 Å². The summed E-state index contributed by atoms with van der Waals surface area (Å²) in [5, 5.41) is 0. The van der Waals surface area contributed by atoms with Crippen LogP contribution >= 0.6 is 0 Å². The van der Waals surface area contributed by atoms with Gasteiger partial charge in [-0.3, -0.25) is 9.59 Å². The maximum atomic E-state index is 11.4. The summed E-state index contributed by atoms with van der Waals surface area (Å²) in [6.07, 6.45) is 3.68. The van der Waals surface area contributed by atoms with Gasteiger partial charge in [0.1, 0.15) is 5.78 Å². The van der Waals surface area contributed by atoms with Crippen LogP contribution in [0, 0.1) is 11.8 Å². The molecule has 1 saturated carbocycles. The zero-order chi connectivity index (χ0) is 10.6. The molecule has 3 nitrogen and oxygen atoms in total. The first kappa shape index (κ1) is 11.2. The summed E-state index contributed by atoms with van der Waals surface area (Å²) in [6, 6.07) is 0. The fraction of sp³-hybridized carbons (Fsp3) is 0.818. The smallest absolute Gasteiger partial charge is 0.308 e. The molecule has 0 N–H and O–H groups in total. The average molecular weight is 198 g/mol. The predicted octanol–water partition coefficient (Wildman–Crippen LogP) is 1.94. The summed E-state index contributed by atoms with van der Waals surface area (Å²) in [7, 11) is 1.43. The molecule has 0 amide bonds. The third-order valence-corrected chi connectivity index (χ3v) is 3.04. The van der Waals surface area contributed by atoms with Crippen molar-refractivity contribution in [3.63, 3.8) is 0 Å². The molecule has 0 saturated heterocycles. The van der Waals surface area contributed by atoms with E-state index >= 15 is 0 Å². The number of esters is 1. The molecule has 0 aromatic rings. The lowest BCUT2D eigenvalue weighted by Gasteiger charge is -2.23. The van der Waals surface area contributed by atoms with Gasteiger partial charge < -0.3 is 4.74 Å². The van der Waals surface area contributed by atoms with Gasteiger partial charge in [-0.25, -0.2) is 0 Å². The van der Waals surface area contributed by atoms with Crippen molar-refractivity contribution in [1.29, 1.82) is 0 Å². The molecule has 80 valence electrons. The Morgan fingerprint density at radius 3 is 2.71 bits per heavy atom. The molecular formula is C11H18O3. The van der Waals surface area contributed by atoms with E-state index in [-0.39, 0.29) is 17.8 Å². The van der Waals surface area contributed by atoms with Crippen LogP contribution in [0.1, 0.15) is 39.0 Å². The van der Waals surface area contributed by atoms with E-state index in [2.05, 4.69) is 0 Å². The number of ketones is 1. The van der Waals surface area contributed by atoms with E-state index in [0.29, 0.717) is 18.6 Å². The molecule has 0 bridgehead atoms. The first-order chi connectivity index (χ1) is 6.65. The number of carbonyl (C=O) groups is 2. The van der Waals surface area contributed by atoms with Gasteiger partial charge >= 0.3 is 5.97 Å². The van der Waals surface area contributed by atoms with Gasteiger partial charge in [0.05, 0.1) is 13.0 Å². The highest BCUT2D eigenvalue weighted by Crippen LogP contribution is 2.27. The quantitative estimate of drug-likeness (QED) is 0.605. The van der Waals surface area contributed by atoms with E-state index in [4.69, 9.17) is 4.74 Å². The van der Waals surface area contributed by atoms with Crippen LogP contribution in [0.2, 0.25) is 0 Å². The van der Waals surface area contributed by atoms with E-state index in [1.54, 1.807) is 0 Å². The van der Waals surface area contributed by atoms with Crippen LogP contribution in [0.5, 0.6) is 0 Å². The van der Waals surface area contributed by atoms with E-state index in [9.17, 15) is 9.59 Å². The van der Waals surface area contributed by atoms with Crippen LogP contribution in [0.15, 0.2) is 0 Å². The molecule has 0 spiro atoms. The van der Waals surface area contributed by atoms with Gasteiger partial charge in [-0.15, -0.1) is 0 Å². The van der Waals surface area contributed by atoms with Gasteiger partial charge in [0, 0.05) is 12.8 Å². The number of Topliss-reactive ketones (excluding diaryl/α,β-unsaturated/α-hetero) is 1. The highest BCUT2D eigenvalue weighted by atomic mass is 16.5. The van der Waals surface area contributed by atoms with Gasteiger partial charge in [-0.2, -0.15) is 0 Å². The SMILES string of the molecule is COC(=O)C1CCCC(=O)CCC1C. The first-order valence-electron chi connectivity index (χ1n) is 5.24. The largest absolute Gasteiger partial charge is 0.469 e. The molecule has 1 rings (SSSR count). The summed E-state index contributed by atoms with van der Waals surface area (Å²) in [5.41, 5.74) is 0. The van der Waals surface area contributed by atoms with Crippen molar-refractivity contribution in [2.45, 2.75) is 39.0 Å². The monoisotopic (exact) mass is 198 g/mol. The van der Waals surface area contributed by atoms with E-state index in [1.165, 1.54) is 7.11 Å². The molecule has 0 radical (unpaired) electrons. The molecule has 3 heteroatoms. The van der Waals surface area contributed by atoms with E-state index in [1.807, 2.05) is 6.92 Å². The molecule has 0 heterocycles. The lowest BCUT2D eigenvalue weighted by atomic mass is 9.82. The minimum absolute atomic E-state index is 0.00639. The second-order valence-corrected chi connectivity index (χ2v) is 4.08. The van der Waals surface area contributed by atoms with Crippen molar-refractivity contribution in [3.8, 4) is 0 Å². The molecule has 1 aliphatic carbocycles. The Bertz CT molecular complexity index is 223. The molecule has 2 unspecified atom stereocenters. The molecule has 0 aliphatic heterocycles. The topological polar surface area (TPSA) is 43.4 Å². The molecule has 14 heavy (non-hydrogen) atoms. The Labute approximate surface area is 84.8 Å². The summed E-state index contributed by atoms with van der Waals surface area (Å²) in [6.45, 7) is 2.03. The zero-order valence-corrected chi connectivity index (χ0v) is 8.91. The summed E-state index contributed by atoms with van der Waals surface area (Å²) >= 11 is 0. The lowest BCUT2D eigenvalue weighted by molar-refractivity contribution is -0.148. The Kier molecular flexibility index (Phi) is 4.11. The number of ether oxygens (including phenoxy) is 1. The van der Waals surface area contributed by atoms with Crippen molar-refractivity contribution in [2.75, 3.05) is 7.11 Å².